The molecule has 1 aromatic heterocycles. The van der Waals surface area contributed by atoms with Crippen molar-refractivity contribution in [3.05, 3.63) is 46.8 Å². The van der Waals surface area contributed by atoms with Crippen LogP contribution in [0.4, 0.5) is 0 Å². The van der Waals surface area contributed by atoms with Gasteiger partial charge in [0.15, 0.2) is 5.76 Å². The monoisotopic (exact) mass is 452 g/mol. The van der Waals surface area contributed by atoms with E-state index in [2.05, 4.69) is 22.3 Å². The van der Waals surface area contributed by atoms with Crippen LogP contribution in [0.5, 0.6) is 5.75 Å². The Morgan fingerprint density at radius 1 is 1.18 bits per heavy atom. The molecule has 3 aliphatic heterocycles. The minimum atomic E-state index is -0.648. The van der Waals surface area contributed by atoms with E-state index < -0.39 is 11.9 Å². The molecule has 9 nitrogen and oxygen atoms in total. The van der Waals surface area contributed by atoms with Gasteiger partial charge in [0.1, 0.15) is 18.4 Å². The molecule has 9 heteroatoms. The van der Waals surface area contributed by atoms with Crippen LogP contribution in [0.2, 0.25) is 0 Å². The highest BCUT2D eigenvalue weighted by atomic mass is 16.5. The van der Waals surface area contributed by atoms with Crippen molar-refractivity contribution < 1.29 is 23.6 Å². The van der Waals surface area contributed by atoms with Gasteiger partial charge in [-0.05, 0) is 50.4 Å². The Labute approximate surface area is 192 Å². The third-order valence-corrected chi connectivity index (χ3v) is 6.78. The smallest absolute Gasteiger partial charge is 0.255 e. The zero-order valence-corrected chi connectivity index (χ0v) is 18.7. The Hall–Kier alpha value is -3.20. The fourth-order valence-corrected chi connectivity index (χ4v) is 4.79. The van der Waals surface area contributed by atoms with Crippen molar-refractivity contribution in [1.29, 1.82) is 0 Å². The maximum Gasteiger partial charge on any atom is 0.255 e. The Bertz CT molecular complexity index is 1070. The number of carbonyl (C=O) groups is 3. The van der Waals surface area contributed by atoms with Gasteiger partial charge in [-0.1, -0.05) is 18.1 Å². The van der Waals surface area contributed by atoms with Crippen LogP contribution in [0.1, 0.15) is 60.0 Å². The molecular formula is C24H28N4O5. The van der Waals surface area contributed by atoms with Gasteiger partial charge in [-0.15, -0.1) is 0 Å². The van der Waals surface area contributed by atoms with Crippen molar-refractivity contribution in [3.63, 3.8) is 0 Å². The number of nitrogens with one attached hydrogen (secondary N) is 1. The molecule has 4 heterocycles. The molecule has 0 bridgehead atoms. The number of piperidine rings is 2. The van der Waals surface area contributed by atoms with Crippen molar-refractivity contribution in [2.24, 2.45) is 5.92 Å². The molecule has 0 radical (unpaired) electrons. The second-order valence-electron chi connectivity index (χ2n) is 9.21. The van der Waals surface area contributed by atoms with E-state index in [9.17, 15) is 14.4 Å². The zero-order chi connectivity index (χ0) is 22.9. The summed E-state index contributed by atoms with van der Waals surface area (Å²) >= 11 is 0. The second kappa shape index (κ2) is 8.97. The van der Waals surface area contributed by atoms with E-state index in [0.29, 0.717) is 23.5 Å². The van der Waals surface area contributed by atoms with E-state index in [1.54, 1.807) is 12.1 Å². The van der Waals surface area contributed by atoms with E-state index in [-0.39, 0.29) is 31.4 Å². The highest BCUT2D eigenvalue weighted by molar-refractivity contribution is 6.05. The van der Waals surface area contributed by atoms with Gasteiger partial charge < -0.3 is 14.2 Å². The van der Waals surface area contributed by atoms with Crippen LogP contribution in [0, 0.1) is 5.92 Å². The molecular weight excluding hydrogens is 424 g/mol. The summed E-state index contributed by atoms with van der Waals surface area (Å²) < 4.78 is 11.5. The largest absolute Gasteiger partial charge is 0.485 e. The SMILES string of the molecule is CC1CCN(Cc2cc(COc3cccc4c3CN(C3CCC(=O)NC3=O)C4=O)on2)CC1. The number of amides is 3. The number of rotatable bonds is 6. The second-order valence-corrected chi connectivity index (χ2v) is 9.21. The summed E-state index contributed by atoms with van der Waals surface area (Å²) in [4.78, 5) is 40.6. The average Bonchev–Trinajstić information content (AvgIpc) is 3.38. The summed E-state index contributed by atoms with van der Waals surface area (Å²) in [5.74, 6) is 1.05. The van der Waals surface area contributed by atoms with Crippen molar-refractivity contribution in [2.75, 3.05) is 13.1 Å². The molecule has 2 aromatic rings. The molecule has 1 unspecified atom stereocenters. The first-order chi connectivity index (χ1) is 16.0. The summed E-state index contributed by atoms with van der Waals surface area (Å²) in [6.07, 6.45) is 2.98. The Morgan fingerprint density at radius 2 is 2.00 bits per heavy atom. The lowest BCUT2D eigenvalue weighted by Crippen LogP contribution is -2.52. The van der Waals surface area contributed by atoms with Crippen LogP contribution >= 0.6 is 0 Å². The van der Waals surface area contributed by atoms with Crippen LogP contribution in [0.3, 0.4) is 0 Å². The number of carbonyl (C=O) groups excluding carboxylic acids is 3. The third kappa shape index (κ3) is 4.50. The molecule has 2 fully saturated rings. The van der Waals surface area contributed by atoms with Crippen LogP contribution in [0.15, 0.2) is 28.8 Å². The highest BCUT2D eigenvalue weighted by Gasteiger charge is 2.40. The van der Waals surface area contributed by atoms with Gasteiger partial charge in [0.2, 0.25) is 11.8 Å². The lowest BCUT2D eigenvalue weighted by molar-refractivity contribution is -0.136. The fourth-order valence-electron chi connectivity index (χ4n) is 4.79. The van der Waals surface area contributed by atoms with E-state index in [4.69, 9.17) is 9.26 Å². The van der Waals surface area contributed by atoms with E-state index in [0.717, 1.165) is 36.8 Å². The molecule has 1 atom stereocenters. The molecule has 3 aliphatic rings. The van der Waals surface area contributed by atoms with Crippen LogP contribution in [-0.4, -0.2) is 51.8 Å². The molecule has 33 heavy (non-hydrogen) atoms. The minimum absolute atomic E-state index is 0.201. The molecule has 5 rings (SSSR count). The fraction of sp³-hybridized carbons (Fsp3) is 0.500. The van der Waals surface area contributed by atoms with Gasteiger partial charge in [-0.3, -0.25) is 24.6 Å². The number of imide groups is 1. The number of likely N-dealkylation sites (tertiary alicyclic amines) is 1. The molecule has 1 aromatic carbocycles. The van der Waals surface area contributed by atoms with E-state index >= 15 is 0 Å². The molecule has 0 aliphatic carbocycles. The van der Waals surface area contributed by atoms with Gasteiger partial charge in [0, 0.05) is 30.2 Å². The standard InChI is InChI=1S/C24H28N4O5/c1-15-7-9-27(10-8-15)12-16-11-17(33-26-16)14-32-21-4-2-3-18-19(21)13-28(24(18)31)20-5-6-22(29)25-23(20)30/h2-4,11,15,20H,5-10,12-14H2,1H3,(H,25,29,30). The molecule has 0 saturated carbocycles. The quantitative estimate of drug-likeness (QED) is 0.670. The maximum absolute atomic E-state index is 12.9. The minimum Gasteiger partial charge on any atom is -0.485 e. The van der Waals surface area contributed by atoms with Gasteiger partial charge in [0.05, 0.1) is 12.2 Å². The van der Waals surface area contributed by atoms with E-state index in [1.165, 1.54) is 17.7 Å². The summed E-state index contributed by atoms with van der Waals surface area (Å²) in [6, 6.07) is 6.59. The normalized spacial score (nSPS) is 21.9. The highest BCUT2D eigenvalue weighted by Crippen LogP contribution is 2.34. The number of fused-ring (bicyclic) bond motifs is 1. The molecule has 174 valence electrons. The predicted octanol–water partition coefficient (Wildman–Crippen LogP) is 2.25. The zero-order valence-electron chi connectivity index (χ0n) is 18.7. The van der Waals surface area contributed by atoms with E-state index in [1.807, 2.05) is 12.1 Å². The number of benzene rings is 1. The summed E-state index contributed by atoms with van der Waals surface area (Å²) in [5, 5.41) is 6.51. The molecule has 2 saturated heterocycles. The van der Waals surface area contributed by atoms with Crippen LogP contribution < -0.4 is 10.1 Å². The van der Waals surface area contributed by atoms with Gasteiger partial charge >= 0.3 is 0 Å². The Morgan fingerprint density at radius 3 is 2.79 bits per heavy atom. The van der Waals surface area contributed by atoms with Gasteiger partial charge in [0.25, 0.3) is 5.91 Å². The first kappa shape index (κ1) is 21.6. The topological polar surface area (TPSA) is 105 Å². The van der Waals surface area contributed by atoms with Crippen molar-refractivity contribution in [2.45, 2.75) is 58.3 Å². The molecule has 1 N–H and O–H groups in total. The summed E-state index contributed by atoms with van der Waals surface area (Å²) in [5.41, 5.74) is 2.16. The lowest BCUT2D eigenvalue weighted by atomic mass is 9.99. The molecule has 3 amide bonds. The predicted molar refractivity (Wildman–Crippen MR) is 117 cm³/mol. The van der Waals surface area contributed by atoms with Gasteiger partial charge in [-0.2, -0.15) is 0 Å². The first-order valence-corrected chi connectivity index (χ1v) is 11.5. The average molecular weight is 453 g/mol. The summed E-state index contributed by atoms with van der Waals surface area (Å²) in [7, 11) is 0. The first-order valence-electron chi connectivity index (χ1n) is 11.5. The number of hydrogen-bond donors (Lipinski definition) is 1. The maximum atomic E-state index is 12.9. The van der Waals surface area contributed by atoms with Crippen molar-refractivity contribution in [3.8, 4) is 5.75 Å². The number of aromatic nitrogens is 1. The van der Waals surface area contributed by atoms with Gasteiger partial charge in [-0.25, -0.2) is 0 Å². The third-order valence-electron chi connectivity index (χ3n) is 6.78. The lowest BCUT2D eigenvalue weighted by Gasteiger charge is -2.29. The Balaban J connectivity index is 1.22. The van der Waals surface area contributed by atoms with Crippen molar-refractivity contribution in [1.82, 2.24) is 20.3 Å². The van der Waals surface area contributed by atoms with Crippen LogP contribution in [-0.2, 0) is 29.3 Å². The Kier molecular flexibility index (Phi) is 5.88. The number of hydrogen-bond acceptors (Lipinski definition) is 7. The summed E-state index contributed by atoms with van der Waals surface area (Å²) in [6.45, 7) is 5.69. The molecule has 0 spiro atoms. The number of nitrogens with zero attached hydrogens (tertiary/aromatic N) is 3. The van der Waals surface area contributed by atoms with Crippen molar-refractivity contribution >= 4 is 17.7 Å². The van der Waals surface area contributed by atoms with Crippen LogP contribution in [0.25, 0.3) is 0 Å². The number of ether oxygens (including phenoxy) is 1.